The van der Waals surface area contributed by atoms with Gasteiger partial charge in [-0.05, 0) is 96.5 Å². The van der Waals surface area contributed by atoms with Gasteiger partial charge in [0.05, 0.1) is 11.4 Å². The molecule has 55 heavy (non-hydrogen) atoms. The summed E-state index contributed by atoms with van der Waals surface area (Å²) in [5, 5.41) is 9.63. The van der Waals surface area contributed by atoms with Crippen LogP contribution < -0.4 is 0 Å². The van der Waals surface area contributed by atoms with E-state index in [1.54, 1.807) is 0 Å². The first-order chi connectivity index (χ1) is 27.2. The molecule has 0 amide bonds. The molecule has 3 nitrogen and oxygen atoms in total. The maximum Gasteiger partial charge on any atom is 0.160 e. The van der Waals surface area contributed by atoms with Crippen LogP contribution in [0.2, 0.25) is 0 Å². The van der Waals surface area contributed by atoms with Crippen LogP contribution in [0.25, 0.3) is 122 Å². The van der Waals surface area contributed by atoms with Gasteiger partial charge in [-0.15, -0.1) is 0 Å². The van der Waals surface area contributed by atoms with E-state index in [4.69, 9.17) is 14.4 Å². The minimum atomic E-state index is 0.711. The Morgan fingerprint density at radius 2 is 0.945 bits per heavy atom. The number of benzene rings is 9. The van der Waals surface area contributed by atoms with E-state index in [1.165, 1.54) is 65.5 Å². The monoisotopic (exact) mass is 698 g/mol. The van der Waals surface area contributed by atoms with Crippen molar-refractivity contribution < 1.29 is 4.42 Å². The minimum absolute atomic E-state index is 0.711. The van der Waals surface area contributed by atoms with Crippen molar-refractivity contribution in [1.29, 1.82) is 0 Å². The minimum Gasteiger partial charge on any atom is -0.456 e. The quantitative estimate of drug-likeness (QED) is 0.184. The van der Waals surface area contributed by atoms with E-state index in [1.807, 2.05) is 6.07 Å². The Kier molecular flexibility index (Phi) is 6.34. The SMILES string of the molecule is c1ccc2cc(-c3cc(-c4ccc(-c5ccc6c(c5)-c5cccc7cc8oc9ccccc9c8c-6c57)cc4)nc(-c4ccc5ccccc5c4)n3)ccc2c1. The van der Waals surface area contributed by atoms with Gasteiger partial charge in [-0.25, -0.2) is 9.97 Å². The second-order valence-corrected chi connectivity index (χ2v) is 14.6. The van der Waals surface area contributed by atoms with Gasteiger partial charge in [0.2, 0.25) is 0 Å². The van der Waals surface area contributed by atoms with Crippen LogP contribution in [0.1, 0.15) is 0 Å². The van der Waals surface area contributed by atoms with Crippen molar-refractivity contribution in [2.24, 2.45) is 0 Å². The Morgan fingerprint density at radius 1 is 0.327 bits per heavy atom. The number of nitrogens with zero attached hydrogens (tertiary/aromatic N) is 2. The first kappa shape index (κ1) is 30.1. The summed E-state index contributed by atoms with van der Waals surface area (Å²) in [6, 6.07) is 65.0. The smallest absolute Gasteiger partial charge is 0.160 e. The van der Waals surface area contributed by atoms with Crippen LogP contribution in [0.3, 0.4) is 0 Å². The van der Waals surface area contributed by atoms with Gasteiger partial charge < -0.3 is 4.42 Å². The lowest BCUT2D eigenvalue weighted by molar-refractivity contribution is 0.669. The molecule has 0 saturated carbocycles. The van der Waals surface area contributed by atoms with Crippen LogP contribution in [-0.4, -0.2) is 9.97 Å². The van der Waals surface area contributed by atoms with Gasteiger partial charge >= 0.3 is 0 Å². The molecule has 0 fully saturated rings. The van der Waals surface area contributed by atoms with E-state index in [2.05, 4.69) is 176 Å². The molecule has 0 bridgehead atoms. The second kappa shape index (κ2) is 11.6. The van der Waals surface area contributed by atoms with Gasteiger partial charge in [0, 0.05) is 33.0 Å². The summed E-state index contributed by atoms with van der Waals surface area (Å²) in [6.45, 7) is 0. The van der Waals surface area contributed by atoms with Gasteiger partial charge in [0.15, 0.2) is 5.82 Å². The molecule has 2 aromatic heterocycles. The first-order valence-electron chi connectivity index (χ1n) is 18.7. The van der Waals surface area contributed by atoms with Gasteiger partial charge in [-0.2, -0.15) is 0 Å². The van der Waals surface area contributed by atoms with Gasteiger partial charge in [0.25, 0.3) is 0 Å². The first-order valence-corrected chi connectivity index (χ1v) is 18.7. The molecule has 12 rings (SSSR count). The average Bonchev–Trinajstić information content (AvgIpc) is 3.79. The van der Waals surface area contributed by atoms with E-state index in [-0.39, 0.29) is 0 Å². The molecule has 0 atom stereocenters. The van der Waals surface area contributed by atoms with Crippen molar-refractivity contribution in [2.45, 2.75) is 0 Å². The summed E-state index contributed by atoms with van der Waals surface area (Å²) in [7, 11) is 0. The predicted octanol–water partition coefficient (Wildman–Crippen LogP) is 14.2. The standard InChI is InChI=1S/C52H30N2O/c1-3-10-35-26-38(22-18-31(35)8-1)46-30-45(53-52(54-46)40-23-19-32-9-2-4-11-36(32)27-40)34-20-16-33(17-21-34)37-24-25-42-44(28-37)41-14-7-12-39-29-48-50(51(42)49(39)41)43-13-5-6-15-47(43)55-48/h1-30H. The maximum absolute atomic E-state index is 6.37. The fourth-order valence-electron chi connectivity index (χ4n) is 8.70. The van der Waals surface area contributed by atoms with E-state index in [0.717, 1.165) is 50.2 Å². The number of furan rings is 1. The zero-order chi connectivity index (χ0) is 36.0. The third-order valence-corrected chi connectivity index (χ3v) is 11.4. The Morgan fingerprint density at radius 3 is 1.75 bits per heavy atom. The van der Waals surface area contributed by atoms with Gasteiger partial charge in [-0.3, -0.25) is 0 Å². The molecular formula is C52H30N2O. The van der Waals surface area contributed by atoms with Crippen LogP contribution in [0.5, 0.6) is 0 Å². The zero-order valence-corrected chi connectivity index (χ0v) is 29.6. The summed E-state index contributed by atoms with van der Waals surface area (Å²) in [5.74, 6) is 0.711. The lowest BCUT2D eigenvalue weighted by Gasteiger charge is -2.12. The van der Waals surface area contributed by atoms with Gasteiger partial charge in [-0.1, -0.05) is 146 Å². The molecule has 2 heterocycles. The molecule has 9 aromatic carbocycles. The highest BCUT2D eigenvalue weighted by Crippen LogP contribution is 2.53. The van der Waals surface area contributed by atoms with Crippen molar-refractivity contribution in [3.05, 3.63) is 182 Å². The van der Waals surface area contributed by atoms with E-state index in [0.29, 0.717) is 5.82 Å². The molecule has 0 aliphatic heterocycles. The highest BCUT2D eigenvalue weighted by molar-refractivity contribution is 6.28. The number of aromatic nitrogens is 2. The number of hydrogen-bond donors (Lipinski definition) is 0. The summed E-state index contributed by atoms with van der Waals surface area (Å²) in [6.07, 6.45) is 0. The number of hydrogen-bond acceptors (Lipinski definition) is 3. The predicted molar refractivity (Wildman–Crippen MR) is 228 cm³/mol. The fraction of sp³-hybridized carbons (Fsp3) is 0. The third kappa shape index (κ3) is 4.70. The summed E-state index contributed by atoms with van der Waals surface area (Å²) < 4.78 is 6.37. The molecule has 254 valence electrons. The van der Waals surface area contributed by atoms with E-state index in [9.17, 15) is 0 Å². The summed E-state index contributed by atoms with van der Waals surface area (Å²) in [4.78, 5) is 10.3. The Balaban J connectivity index is 0.964. The molecule has 3 heteroatoms. The summed E-state index contributed by atoms with van der Waals surface area (Å²) >= 11 is 0. The van der Waals surface area contributed by atoms with Crippen molar-refractivity contribution in [2.75, 3.05) is 0 Å². The Bertz CT molecular complexity index is 3280. The molecule has 1 aliphatic rings. The molecule has 0 saturated heterocycles. The third-order valence-electron chi connectivity index (χ3n) is 11.4. The lowest BCUT2D eigenvalue weighted by Crippen LogP contribution is -1.96. The molecule has 11 aromatic rings. The largest absolute Gasteiger partial charge is 0.456 e. The van der Waals surface area contributed by atoms with Crippen LogP contribution in [-0.2, 0) is 0 Å². The Labute approximate surface area is 316 Å². The highest BCUT2D eigenvalue weighted by atomic mass is 16.3. The van der Waals surface area contributed by atoms with Gasteiger partial charge in [0.1, 0.15) is 11.2 Å². The average molecular weight is 699 g/mol. The maximum atomic E-state index is 6.37. The molecule has 0 unspecified atom stereocenters. The molecule has 0 N–H and O–H groups in total. The molecule has 0 radical (unpaired) electrons. The molecular weight excluding hydrogens is 669 g/mol. The fourth-order valence-corrected chi connectivity index (χ4v) is 8.70. The number of fused-ring (bicyclic) bond motifs is 9. The van der Waals surface area contributed by atoms with Crippen LogP contribution in [0.15, 0.2) is 186 Å². The zero-order valence-electron chi connectivity index (χ0n) is 29.6. The normalized spacial score (nSPS) is 12.0. The van der Waals surface area contributed by atoms with Crippen LogP contribution in [0, 0.1) is 0 Å². The highest BCUT2D eigenvalue weighted by Gasteiger charge is 2.26. The number of rotatable bonds is 4. The van der Waals surface area contributed by atoms with Crippen LogP contribution >= 0.6 is 0 Å². The van der Waals surface area contributed by atoms with Crippen molar-refractivity contribution in [3.8, 4) is 67.3 Å². The summed E-state index contributed by atoms with van der Waals surface area (Å²) in [5.41, 5.74) is 14.2. The number of para-hydroxylation sites is 1. The second-order valence-electron chi connectivity index (χ2n) is 14.6. The molecule has 0 spiro atoms. The van der Waals surface area contributed by atoms with Crippen LogP contribution in [0.4, 0.5) is 0 Å². The van der Waals surface area contributed by atoms with Crippen molar-refractivity contribution in [3.63, 3.8) is 0 Å². The topological polar surface area (TPSA) is 38.9 Å². The van der Waals surface area contributed by atoms with Crippen molar-refractivity contribution in [1.82, 2.24) is 9.97 Å². The molecule has 1 aliphatic carbocycles. The Hall–Kier alpha value is -7.36. The van der Waals surface area contributed by atoms with E-state index < -0.39 is 0 Å². The van der Waals surface area contributed by atoms with E-state index >= 15 is 0 Å². The van der Waals surface area contributed by atoms with Crippen molar-refractivity contribution >= 4 is 54.3 Å². The lowest BCUT2D eigenvalue weighted by atomic mass is 9.95.